The lowest BCUT2D eigenvalue weighted by Gasteiger charge is -2.36. The van der Waals surface area contributed by atoms with Gasteiger partial charge in [-0.05, 0) is 48.5 Å². The Morgan fingerprint density at radius 2 is 2.18 bits per heavy atom. The summed E-state index contributed by atoms with van der Waals surface area (Å²) in [6, 6.07) is 11.6. The number of likely N-dealkylation sites (N-methyl/N-ethyl adjacent to an activating group) is 1. The van der Waals surface area contributed by atoms with E-state index >= 15 is 0 Å². The third kappa shape index (κ3) is 1.81. The smallest absolute Gasteiger partial charge is 0.0398 e. The largest absolute Gasteiger partial charge is 0.312 e. The highest BCUT2D eigenvalue weighted by molar-refractivity contribution is 7.10. The molecule has 0 radical (unpaired) electrons. The van der Waals surface area contributed by atoms with Gasteiger partial charge in [0, 0.05) is 16.8 Å². The van der Waals surface area contributed by atoms with E-state index in [4.69, 9.17) is 0 Å². The van der Waals surface area contributed by atoms with Crippen molar-refractivity contribution < 1.29 is 0 Å². The molecule has 0 spiro atoms. The lowest BCUT2D eigenvalue weighted by atomic mass is 9.72. The molecule has 0 saturated carbocycles. The number of thiophene rings is 1. The monoisotopic (exact) mass is 243 g/mol. The van der Waals surface area contributed by atoms with Crippen LogP contribution in [0.3, 0.4) is 0 Å². The van der Waals surface area contributed by atoms with Crippen molar-refractivity contribution in [1.29, 1.82) is 0 Å². The highest BCUT2D eigenvalue weighted by Crippen LogP contribution is 2.43. The van der Waals surface area contributed by atoms with Gasteiger partial charge in [0.15, 0.2) is 0 Å². The molecule has 2 unspecified atom stereocenters. The summed E-state index contributed by atoms with van der Waals surface area (Å²) in [6.45, 7) is 2.18. The lowest BCUT2D eigenvalue weighted by Crippen LogP contribution is -2.31. The predicted octanol–water partition coefficient (Wildman–Crippen LogP) is 3.66. The average Bonchev–Trinajstić information content (AvgIpc) is 2.72. The molecular weight excluding hydrogens is 226 g/mol. The van der Waals surface area contributed by atoms with Crippen molar-refractivity contribution in [3.63, 3.8) is 0 Å². The number of benzene rings is 1. The van der Waals surface area contributed by atoms with Gasteiger partial charge in [0.1, 0.15) is 0 Å². The summed E-state index contributed by atoms with van der Waals surface area (Å²) in [4.78, 5) is 1.40. The molecule has 2 heteroatoms. The van der Waals surface area contributed by atoms with E-state index in [9.17, 15) is 0 Å². The van der Waals surface area contributed by atoms with Crippen LogP contribution in [0.2, 0.25) is 0 Å². The third-order valence-electron chi connectivity index (χ3n) is 3.72. The minimum atomic E-state index is 0.467. The van der Waals surface area contributed by atoms with E-state index in [0.29, 0.717) is 12.0 Å². The van der Waals surface area contributed by atoms with E-state index in [0.717, 1.165) is 0 Å². The van der Waals surface area contributed by atoms with E-state index in [2.05, 4.69) is 55.0 Å². The van der Waals surface area contributed by atoms with Crippen LogP contribution in [0.5, 0.6) is 0 Å². The second-order valence-electron chi connectivity index (χ2n) is 4.77. The second-order valence-corrected chi connectivity index (χ2v) is 5.88. The Morgan fingerprint density at radius 1 is 1.35 bits per heavy atom. The Morgan fingerprint density at radius 3 is 2.82 bits per heavy atom. The first-order valence-electron chi connectivity index (χ1n) is 6.09. The van der Waals surface area contributed by atoms with Crippen molar-refractivity contribution in [1.82, 2.24) is 5.32 Å². The molecule has 17 heavy (non-hydrogen) atoms. The fourth-order valence-corrected chi connectivity index (χ4v) is 3.56. The van der Waals surface area contributed by atoms with Crippen LogP contribution < -0.4 is 5.32 Å². The van der Waals surface area contributed by atoms with Gasteiger partial charge in [-0.25, -0.2) is 0 Å². The molecule has 88 valence electrons. The number of hydrogen-bond donors (Lipinski definition) is 1. The standard InChI is InChI=1S/C15H17NS/c1-10-7-12(9-17-10)15(16-2)14-8-11-5-3-4-6-13(11)14/h3-7,9,14-16H,8H2,1-2H3. The number of aryl methyl sites for hydroxylation is 1. The zero-order chi connectivity index (χ0) is 11.8. The van der Waals surface area contributed by atoms with Crippen molar-refractivity contribution in [2.45, 2.75) is 25.3 Å². The Labute approximate surface area is 106 Å². The number of fused-ring (bicyclic) bond motifs is 1. The molecule has 2 aromatic rings. The van der Waals surface area contributed by atoms with E-state index in [-0.39, 0.29) is 0 Å². The maximum Gasteiger partial charge on any atom is 0.0398 e. The van der Waals surface area contributed by atoms with Gasteiger partial charge in [0.05, 0.1) is 0 Å². The van der Waals surface area contributed by atoms with E-state index in [1.807, 2.05) is 11.3 Å². The zero-order valence-electron chi connectivity index (χ0n) is 10.2. The van der Waals surface area contributed by atoms with Crippen LogP contribution in [-0.4, -0.2) is 7.05 Å². The van der Waals surface area contributed by atoms with Crippen molar-refractivity contribution in [2.24, 2.45) is 0 Å². The minimum Gasteiger partial charge on any atom is -0.312 e. The molecule has 1 aliphatic carbocycles. The van der Waals surface area contributed by atoms with Crippen LogP contribution in [0, 0.1) is 6.92 Å². The number of nitrogens with one attached hydrogen (secondary N) is 1. The summed E-state index contributed by atoms with van der Waals surface area (Å²) in [5, 5.41) is 5.77. The SMILES string of the molecule is CNC(c1csc(C)c1)C1Cc2ccccc21. The minimum absolute atomic E-state index is 0.467. The van der Waals surface area contributed by atoms with Gasteiger partial charge in [-0.3, -0.25) is 0 Å². The summed E-state index contributed by atoms with van der Waals surface area (Å²) in [6.07, 6.45) is 1.20. The van der Waals surface area contributed by atoms with Crippen LogP contribution >= 0.6 is 11.3 Å². The van der Waals surface area contributed by atoms with Crippen LogP contribution in [0.25, 0.3) is 0 Å². The molecule has 1 aromatic carbocycles. The second kappa shape index (κ2) is 4.28. The van der Waals surface area contributed by atoms with Gasteiger partial charge in [0.2, 0.25) is 0 Å². The average molecular weight is 243 g/mol. The Hall–Kier alpha value is -1.12. The fraction of sp³-hybridized carbons (Fsp3) is 0.333. The van der Waals surface area contributed by atoms with Crippen molar-refractivity contribution in [3.05, 3.63) is 57.3 Å². The third-order valence-corrected chi connectivity index (χ3v) is 4.60. The van der Waals surface area contributed by atoms with Crippen molar-refractivity contribution in [3.8, 4) is 0 Å². The molecule has 1 heterocycles. The molecule has 0 amide bonds. The Kier molecular flexibility index (Phi) is 2.77. The molecule has 1 aliphatic rings. The molecule has 1 nitrogen and oxygen atoms in total. The van der Waals surface area contributed by atoms with Gasteiger partial charge < -0.3 is 5.32 Å². The predicted molar refractivity (Wildman–Crippen MR) is 73.7 cm³/mol. The van der Waals surface area contributed by atoms with Crippen LogP contribution in [-0.2, 0) is 6.42 Å². The van der Waals surface area contributed by atoms with Gasteiger partial charge >= 0.3 is 0 Å². The molecule has 1 aromatic heterocycles. The summed E-state index contributed by atoms with van der Waals surface area (Å²) in [5.41, 5.74) is 4.48. The first-order chi connectivity index (χ1) is 8.29. The topological polar surface area (TPSA) is 12.0 Å². The zero-order valence-corrected chi connectivity index (χ0v) is 11.1. The summed E-state index contributed by atoms with van der Waals surface area (Å²) >= 11 is 1.84. The van der Waals surface area contributed by atoms with E-state index in [1.54, 1.807) is 0 Å². The van der Waals surface area contributed by atoms with Crippen molar-refractivity contribution >= 4 is 11.3 Å². The molecule has 2 atom stereocenters. The van der Waals surface area contributed by atoms with E-state index in [1.165, 1.54) is 28.0 Å². The highest BCUT2D eigenvalue weighted by atomic mass is 32.1. The van der Waals surface area contributed by atoms with Crippen LogP contribution in [0.1, 0.15) is 33.5 Å². The maximum atomic E-state index is 3.48. The highest BCUT2D eigenvalue weighted by Gasteiger charge is 2.32. The molecule has 0 aliphatic heterocycles. The quantitative estimate of drug-likeness (QED) is 0.867. The Bertz CT molecular complexity index is 529. The fourth-order valence-electron chi connectivity index (χ4n) is 2.82. The first-order valence-corrected chi connectivity index (χ1v) is 6.97. The number of hydrogen-bond acceptors (Lipinski definition) is 2. The molecule has 1 N–H and O–H groups in total. The lowest BCUT2D eigenvalue weighted by molar-refractivity contribution is 0.440. The summed E-state index contributed by atoms with van der Waals surface area (Å²) in [7, 11) is 2.07. The number of rotatable bonds is 3. The maximum absolute atomic E-state index is 3.48. The summed E-state index contributed by atoms with van der Waals surface area (Å²) in [5.74, 6) is 0.644. The Balaban J connectivity index is 1.90. The van der Waals surface area contributed by atoms with Crippen LogP contribution in [0.4, 0.5) is 0 Å². The van der Waals surface area contributed by atoms with Gasteiger partial charge in [0.25, 0.3) is 0 Å². The summed E-state index contributed by atoms with van der Waals surface area (Å²) < 4.78 is 0. The normalized spacial score (nSPS) is 19.5. The van der Waals surface area contributed by atoms with Crippen LogP contribution in [0.15, 0.2) is 35.7 Å². The first kappa shape index (κ1) is 11.0. The molecule has 0 bridgehead atoms. The van der Waals surface area contributed by atoms with Crippen molar-refractivity contribution in [2.75, 3.05) is 7.05 Å². The van der Waals surface area contributed by atoms with Gasteiger partial charge in [-0.2, -0.15) is 0 Å². The van der Waals surface area contributed by atoms with E-state index < -0.39 is 0 Å². The molecule has 0 fully saturated rings. The van der Waals surface area contributed by atoms with Gasteiger partial charge in [-0.15, -0.1) is 11.3 Å². The van der Waals surface area contributed by atoms with Gasteiger partial charge in [-0.1, -0.05) is 24.3 Å². The molecular formula is C15H17NS. The molecule has 3 rings (SSSR count). The molecule has 0 saturated heterocycles.